The molecule has 1 aliphatic rings. The molecule has 0 bridgehead atoms. The van der Waals surface area contributed by atoms with Crippen molar-refractivity contribution in [2.45, 2.75) is 25.1 Å². The van der Waals surface area contributed by atoms with E-state index in [9.17, 15) is 4.79 Å². The van der Waals surface area contributed by atoms with E-state index in [2.05, 4.69) is 10.2 Å². The number of rotatable bonds is 8. The minimum absolute atomic E-state index is 0.0164. The van der Waals surface area contributed by atoms with Gasteiger partial charge < -0.3 is 19.4 Å². The number of nitrogens with one attached hydrogen (secondary N) is 1. The van der Waals surface area contributed by atoms with Gasteiger partial charge >= 0.3 is 0 Å². The van der Waals surface area contributed by atoms with E-state index in [1.165, 1.54) is 0 Å². The van der Waals surface area contributed by atoms with Crippen LogP contribution in [0.3, 0.4) is 0 Å². The van der Waals surface area contributed by atoms with Crippen LogP contribution < -0.4 is 10.1 Å². The van der Waals surface area contributed by atoms with E-state index in [4.69, 9.17) is 9.15 Å². The molecule has 27 heavy (non-hydrogen) atoms. The molecular weight excluding hydrogens is 360 g/mol. The molecule has 0 aliphatic carbocycles. The standard InChI is InChI=1S/C21H28N2O3S/c1-23(2)14-18-7-8-19(26-18)15-27-12-10-22-21(24)17-9-11-25-20-6-4-3-5-16(20)13-17/h3-8,17H,9-15H2,1-2H3,(H,22,24)/t17-/m1/s1. The fraction of sp³-hybridized carbons (Fsp3) is 0.476. The van der Waals surface area contributed by atoms with Crippen molar-refractivity contribution in [3.05, 3.63) is 53.5 Å². The smallest absolute Gasteiger partial charge is 0.223 e. The molecular formula is C21H28N2O3S. The predicted octanol–water partition coefficient (Wildman–Crippen LogP) is 3.33. The molecule has 0 saturated carbocycles. The predicted molar refractivity (Wildman–Crippen MR) is 109 cm³/mol. The highest BCUT2D eigenvalue weighted by molar-refractivity contribution is 7.98. The van der Waals surface area contributed by atoms with Gasteiger partial charge in [-0.05, 0) is 50.7 Å². The van der Waals surface area contributed by atoms with Gasteiger partial charge in [-0.25, -0.2) is 0 Å². The van der Waals surface area contributed by atoms with Crippen LogP contribution in [-0.4, -0.2) is 43.8 Å². The largest absolute Gasteiger partial charge is 0.493 e. The van der Waals surface area contributed by atoms with E-state index >= 15 is 0 Å². The fourth-order valence-corrected chi connectivity index (χ4v) is 3.92. The Morgan fingerprint density at radius 2 is 2.04 bits per heavy atom. The molecule has 1 atom stereocenters. The number of amides is 1. The van der Waals surface area contributed by atoms with Gasteiger partial charge in [0, 0.05) is 18.2 Å². The third kappa shape index (κ3) is 6.04. The number of hydrogen-bond donors (Lipinski definition) is 1. The molecule has 2 heterocycles. The van der Waals surface area contributed by atoms with Gasteiger partial charge in [-0.2, -0.15) is 11.8 Å². The Balaban J connectivity index is 1.36. The highest BCUT2D eigenvalue weighted by atomic mass is 32.2. The lowest BCUT2D eigenvalue weighted by Crippen LogP contribution is -2.33. The minimum atomic E-state index is -0.0164. The Morgan fingerprint density at radius 3 is 2.89 bits per heavy atom. The van der Waals surface area contributed by atoms with E-state index in [1.54, 1.807) is 11.8 Å². The van der Waals surface area contributed by atoms with Crippen molar-refractivity contribution in [3.63, 3.8) is 0 Å². The Labute approximate surface area is 165 Å². The summed E-state index contributed by atoms with van der Waals surface area (Å²) in [6.07, 6.45) is 1.50. The molecule has 6 heteroatoms. The zero-order valence-electron chi connectivity index (χ0n) is 16.1. The molecule has 0 radical (unpaired) electrons. The summed E-state index contributed by atoms with van der Waals surface area (Å²) < 4.78 is 11.5. The number of hydrogen-bond acceptors (Lipinski definition) is 5. The summed E-state index contributed by atoms with van der Waals surface area (Å²) in [5.74, 6) is 4.69. The second-order valence-electron chi connectivity index (χ2n) is 7.10. The van der Waals surface area contributed by atoms with Gasteiger partial charge in [0.25, 0.3) is 0 Å². The average molecular weight is 389 g/mol. The number of nitrogens with zero attached hydrogens (tertiary/aromatic N) is 1. The second-order valence-corrected chi connectivity index (χ2v) is 8.20. The summed E-state index contributed by atoms with van der Waals surface area (Å²) in [7, 11) is 4.05. The molecule has 1 aromatic carbocycles. The minimum Gasteiger partial charge on any atom is -0.493 e. The van der Waals surface area contributed by atoms with Crippen molar-refractivity contribution in [2.75, 3.05) is 33.0 Å². The van der Waals surface area contributed by atoms with Crippen molar-refractivity contribution in [1.29, 1.82) is 0 Å². The van der Waals surface area contributed by atoms with Gasteiger partial charge in [-0.15, -0.1) is 0 Å². The van der Waals surface area contributed by atoms with Gasteiger partial charge in [0.1, 0.15) is 17.3 Å². The summed E-state index contributed by atoms with van der Waals surface area (Å²) in [5, 5.41) is 3.08. The number of ether oxygens (including phenoxy) is 1. The molecule has 1 aliphatic heterocycles. The first kappa shape index (κ1) is 19.8. The Morgan fingerprint density at radius 1 is 1.22 bits per heavy atom. The number of benzene rings is 1. The van der Waals surface area contributed by atoms with E-state index in [0.29, 0.717) is 13.2 Å². The second kappa shape index (κ2) is 9.85. The monoisotopic (exact) mass is 388 g/mol. The molecule has 1 aromatic heterocycles. The fourth-order valence-electron chi connectivity index (χ4n) is 3.18. The van der Waals surface area contributed by atoms with Gasteiger partial charge in [0.2, 0.25) is 5.91 Å². The topological polar surface area (TPSA) is 54.7 Å². The lowest BCUT2D eigenvalue weighted by atomic mass is 9.96. The zero-order chi connectivity index (χ0) is 19.1. The number of furan rings is 1. The highest BCUT2D eigenvalue weighted by Crippen LogP contribution is 2.26. The first-order valence-electron chi connectivity index (χ1n) is 9.40. The Kier molecular flexibility index (Phi) is 7.24. The number of carbonyl (C=O) groups is 1. The molecule has 2 aromatic rings. The van der Waals surface area contributed by atoms with Crippen LogP contribution in [0, 0.1) is 5.92 Å². The number of fused-ring (bicyclic) bond motifs is 1. The molecule has 1 N–H and O–H groups in total. The maximum atomic E-state index is 12.5. The Hall–Kier alpha value is -1.92. The summed E-state index contributed by atoms with van der Waals surface area (Å²) in [5.41, 5.74) is 1.12. The van der Waals surface area contributed by atoms with Gasteiger partial charge in [0.15, 0.2) is 0 Å². The molecule has 5 nitrogen and oxygen atoms in total. The summed E-state index contributed by atoms with van der Waals surface area (Å²) in [4.78, 5) is 14.6. The van der Waals surface area contributed by atoms with E-state index < -0.39 is 0 Å². The maximum Gasteiger partial charge on any atom is 0.223 e. The zero-order valence-corrected chi connectivity index (χ0v) is 16.9. The lowest BCUT2D eigenvalue weighted by Gasteiger charge is -2.13. The van der Waals surface area contributed by atoms with E-state index in [0.717, 1.165) is 53.7 Å². The third-order valence-corrected chi connectivity index (χ3v) is 5.49. The molecule has 0 saturated heterocycles. The van der Waals surface area contributed by atoms with Crippen LogP contribution in [0.1, 0.15) is 23.5 Å². The Bertz CT molecular complexity index is 745. The van der Waals surface area contributed by atoms with Crippen molar-refractivity contribution < 1.29 is 13.9 Å². The van der Waals surface area contributed by atoms with Crippen LogP contribution >= 0.6 is 11.8 Å². The van der Waals surface area contributed by atoms with Gasteiger partial charge in [0.05, 0.1) is 18.9 Å². The average Bonchev–Trinajstić information content (AvgIpc) is 2.96. The van der Waals surface area contributed by atoms with E-state index in [1.807, 2.05) is 50.5 Å². The summed E-state index contributed by atoms with van der Waals surface area (Å²) in [6.45, 7) is 2.08. The number of thioether (sulfide) groups is 1. The summed E-state index contributed by atoms with van der Waals surface area (Å²) >= 11 is 1.77. The molecule has 0 fully saturated rings. The van der Waals surface area contributed by atoms with Crippen LogP contribution in [-0.2, 0) is 23.5 Å². The molecule has 0 spiro atoms. The van der Waals surface area contributed by atoms with Gasteiger partial charge in [-0.1, -0.05) is 18.2 Å². The molecule has 1 amide bonds. The molecule has 3 rings (SSSR count). The van der Waals surface area contributed by atoms with Crippen LogP contribution in [0.2, 0.25) is 0 Å². The SMILES string of the molecule is CN(C)Cc1ccc(CSCCNC(=O)[C@@H]2CCOc3ccccc3C2)o1. The van der Waals surface area contributed by atoms with Gasteiger partial charge in [-0.3, -0.25) is 4.79 Å². The first-order chi connectivity index (χ1) is 13.1. The highest BCUT2D eigenvalue weighted by Gasteiger charge is 2.23. The summed E-state index contributed by atoms with van der Waals surface area (Å²) in [6, 6.07) is 12.1. The van der Waals surface area contributed by atoms with Crippen molar-refractivity contribution >= 4 is 17.7 Å². The molecule has 146 valence electrons. The number of para-hydroxylation sites is 1. The van der Waals surface area contributed by atoms with Crippen molar-refractivity contribution in [1.82, 2.24) is 10.2 Å². The van der Waals surface area contributed by atoms with Crippen molar-refractivity contribution in [2.24, 2.45) is 5.92 Å². The van der Waals surface area contributed by atoms with E-state index in [-0.39, 0.29) is 11.8 Å². The maximum absolute atomic E-state index is 12.5. The third-order valence-electron chi connectivity index (χ3n) is 4.51. The number of carbonyl (C=O) groups excluding carboxylic acids is 1. The van der Waals surface area contributed by atoms with Crippen LogP contribution in [0.15, 0.2) is 40.8 Å². The van der Waals surface area contributed by atoms with Crippen molar-refractivity contribution in [3.8, 4) is 5.75 Å². The first-order valence-corrected chi connectivity index (χ1v) is 10.6. The van der Waals surface area contributed by atoms with Crippen LogP contribution in [0.5, 0.6) is 5.75 Å². The van der Waals surface area contributed by atoms with Crippen LogP contribution in [0.4, 0.5) is 0 Å². The lowest BCUT2D eigenvalue weighted by molar-refractivity contribution is -0.125. The quantitative estimate of drug-likeness (QED) is 0.703. The van der Waals surface area contributed by atoms with Crippen LogP contribution in [0.25, 0.3) is 0 Å². The molecule has 0 unspecified atom stereocenters. The normalized spacial score (nSPS) is 16.5.